The molecule has 0 heterocycles. The SMILES string of the molecule is CC(NC1c2ccccc2CC1O)c1cc(F)c(F)c(F)c1. The molecule has 1 aliphatic rings. The zero-order valence-corrected chi connectivity index (χ0v) is 12.0. The smallest absolute Gasteiger partial charge is 0.194 e. The first-order valence-electron chi connectivity index (χ1n) is 7.13. The van der Waals surface area contributed by atoms with Crippen molar-refractivity contribution in [2.45, 2.75) is 31.5 Å². The minimum absolute atomic E-state index is 0.299. The molecule has 5 heteroatoms. The van der Waals surface area contributed by atoms with E-state index in [2.05, 4.69) is 5.32 Å². The molecule has 3 unspecified atom stereocenters. The summed E-state index contributed by atoms with van der Waals surface area (Å²) in [6, 6.07) is 8.85. The maximum absolute atomic E-state index is 13.3. The quantitative estimate of drug-likeness (QED) is 0.852. The van der Waals surface area contributed by atoms with Crippen molar-refractivity contribution in [2.75, 3.05) is 0 Å². The molecular weight excluding hydrogens is 291 g/mol. The van der Waals surface area contributed by atoms with Crippen LogP contribution in [0, 0.1) is 17.5 Å². The number of hydrogen-bond acceptors (Lipinski definition) is 2. The molecular formula is C17H16F3NO. The van der Waals surface area contributed by atoms with E-state index in [9.17, 15) is 18.3 Å². The lowest BCUT2D eigenvalue weighted by atomic mass is 10.0. The van der Waals surface area contributed by atoms with Crippen LogP contribution < -0.4 is 5.32 Å². The number of nitrogens with one attached hydrogen (secondary N) is 1. The topological polar surface area (TPSA) is 32.3 Å². The lowest BCUT2D eigenvalue weighted by Gasteiger charge is -2.23. The summed E-state index contributed by atoms with van der Waals surface area (Å²) in [4.78, 5) is 0. The molecule has 0 radical (unpaired) electrons. The van der Waals surface area contributed by atoms with Gasteiger partial charge in [0.1, 0.15) is 0 Å². The molecule has 1 aliphatic carbocycles. The summed E-state index contributed by atoms with van der Waals surface area (Å²) < 4.78 is 39.7. The molecule has 0 aliphatic heterocycles. The molecule has 3 atom stereocenters. The molecule has 2 N–H and O–H groups in total. The van der Waals surface area contributed by atoms with Crippen molar-refractivity contribution in [2.24, 2.45) is 0 Å². The Morgan fingerprint density at radius 3 is 2.45 bits per heavy atom. The highest BCUT2D eigenvalue weighted by Gasteiger charge is 2.31. The van der Waals surface area contributed by atoms with Gasteiger partial charge in [-0.15, -0.1) is 0 Å². The summed E-state index contributed by atoms with van der Waals surface area (Å²) in [5, 5.41) is 13.4. The maximum Gasteiger partial charge on any atom is 0.194 e. The second kappa shape index (κ2) is 5.74. The van der Waals surface area contributed by atoms with Crippen molar-refractivity contribution < 1.29 is 18.3 Å². The summed E-state index contributed by atoms with van der Waals surface area (Å²) in [5.41, 5.74) is 2.33. The van der Waals surface area contributed by atoms with Gasteiger partial charge < -0.3 is 10.4 Å². The Kier molecular flexibility index (Phi) is 3.93. The van der Waals surface area contributed by atoms with Gasteiger partial charge in [0.2, 0.25) is 0 Å². The van der Waals surface area contributed by atoms with E-state index in [0.717, 1.165) is 23.3 Å². The fourth-order valence-corrected chi connectivity index (χ4v) is 2.97. The Morgan fingerprint density at radius 2 is 1.77 bits per heavy atom. The summed E-state index contributed by atoms with van der Waals surface area (Å²) in [7, 11) is 0. The summed E-state index contributed by atoms with van der Waals surface area (Å²) >= 11 is 0. The van der Waals surface area contributed by atoms with Crippen LogP contribution >= 0.6 is 0 Å². The van der Waals surface area contributed by atoms with E-state index >= 15 is 0 Å². The molecule has 116 valence electrons. The van der Waals surface area contributed by atoms with E-state index in [1.165, 1.54) is 0 Å². The first kappa shape index (κ1) is 15.1. The van der Waals surface area contributed by atoms with Crippen LogP contribution in [0.25, 0.3) is 0 Å². The Hall–Kier alpha value is -1.85. The molecule has 0 amide bonds. The average molecular weight is 307 g/mol. The van der Waals surface area contributed by atoms with E-state index in [-0.39, 0.29) is 6.04 Å². The van der Waals surface area contributed by atoms with Gasteiger partial charge in [-0.2, -0.15) is 0 Å². The highest BCUT2D eigenvalue weighted by Crippen LogP contribution is 2.33. The second-order valence-corrected chi connectivity index (χ2v) is 5.63. The zero-order chi connectivity index (χ0) is 15.9. The number of aliphatic hydroxyl groups excluding tert-OH is 1. The third-order valence-corrected chi connectivity index (χ3v) is 4.14. The minimum Gasteiger partial charge on any atom is -0.391 e. The van der Waals surface area contributed by atoms with E-state index in [4.69, 9.17) is 0 Å². The fraction of sp³-hybridized carbons (Fsp3) is 0.294. The van der Waals surface area contributed by atoms with Gasteiger partial charge >= 0.3 is 0 Å². The van der Waals surface area contributed by atoms with Gasteiger partial charge in [0.25, 0.3) is 0 Å². The highest BCUT2D eigenvalue weighted by molar-refractivity contribution is 5.37. The molecule has 3 rings (SSSR count). The number of hydrogen-bond donors (Lipinski definition) is 2. The van der Waals surface area contributed by atoms with Crippen molar-refractivity contribution in [1.82, 2.24) is 5.32 Å². The van der Waals surface area contributed by atoms with Crippen LogP contribution in [0.3, 0.4) is 0 Å². The molecule has 22 heavy (non-hydrogen) atoms. The molecule has 2 nitrogen and oxygen atoms in total. The standard InChI is InChI=1S/C17H16F3NO/c1-9(11-6-13(18)16(20)14(19)7-11)21-17-12-5-3-2-4-10(12)8-15(17)22/h2-7,9,15,17,21-22H,8H2,1H3. The van der Waals surface area contributed by atoms with Crippen molar-refractivity contribution in [1.29, 1.82) is 0 Å². The number of rotatable bonds is 3. The molecule has 0 aromatic heterocycles. The van der Waals surface area contributed by atoms with Crippen LogP contribution in [0.5, 0.6) is 0 Å². The zero-order valence-electron chi connectivity index (χ0n) is 12.0. The molecule has 0 spiro atoms. The molecule has 2 aromatic rings. The lowest BCUT2D eigenvalue weighted by molar-refractivity contribution is 0.136. The van der Waals surface area contributed by atoms with Crippen molar-refractivity contribution in [3.63, 3.8) is 0 Å². The van der Waals surface area contributed by atoms with Gasteiger partial charge in [0, 0.05) is 12.5 Å². The van der Waals surface area contributed by atoms with Gasteiger partial charge in [-0.3, -0.25) is 0 Å². The van der Waals surface area contributed by atoms with E-state index in [0.29, 0.717) is 12.0 Å². The van der Waals surface area contributed by atoms with Gasteiger partial charge in [0.05, 0.1) is 12.1 Å². The minimum atomic E-state index is -1.47. The summed E-state index contributed by atoms with van der Waals surface area (Å²) in [6.45, 7) is 1.72. The summed E-state index contributed by atoms with van der Waals surface area (Å²) in [6.07, 6.45) is -0.0674. The predicted molar refractivity (Wildman–Crippen MR) is 76.8 cm³/mol. The Bertz CT molecular complexity index is 681. The van der Waals surface area contributed by atoms with E-state index < -0.39 is 29.6 Å². The van der Waals surface area contributed by atoms with Crippen LogP contribution in [-0.4, -0.2) is 11.2 Å². The van der Waals surface area contributed by atoms with Crippen molar-refractivity contribution in [3.8, 4) is 0 Å². The summed E-state index contributed by atoms with van der Waals surface area (Å²) in [5.74, 6) is -3.89. The van der Waals surface area contributed by atoms with E-state index in [1.54, 1.807) is 6.92 Å². The van der Waals surface area contributed by atoms with Crippen molar-refractivity contribution in [3.05, 3.63) is 70.5 Å². The van der Waals surface area contributed by atoms with Crippen LogP contribution in [0.1, 0.15) is 35.7 Å². The Labute approximate surface area is 126 Å². The monoisotopic (exact) mass is 307 g/mol. The van der Waals surface area contributed by atoms with Crippen LogP contribution in [0.2, 0.25) is 0 Å². The van der Waals surface area contributed by atoms with Gasteiger partial charge in [-0.25, -0.2) is 13.2 Å². The Morgan fingerprint density at radius 1 is 1.14 bits per heavy atom. The van der Waals surface area contributed by atoms with E-state index in [1.807, 2.05) is 24.3 Å². The largest absolute Gasteiger partial charge is 0.391 e. The number of benzene rings is 2. The number of fused-ring (bicyclic) bond motifs is 1. The fourth-order valence-electron chi connectivity index (χ4n) is 2.97. The molecule has 0 bridgehead atoms. The third kappa shape index (κ3) is 2.62. The van der Waals surface area contributed by atoms with Crippen LogP contribution in [0.15, 0.2) is 36.4 Å². The normalized spacial score (nSPS) is 21.7. The first-order chi connectivity index (χ1) is 10.5. The second-order valence-electron chi connectivity index (χ2n) is 5.63. The van der Waals surface area contributed by atoms with Crippen LogP contribution in [-0.2, 0) is 6.42 Å². The Balaban J connectivity index is 1.84. The van der Waals surface area contributed by atoms with Gasteiger partial charge in [-0.1, -0.05) is 24.3 Å². The number of halogens is 3. The van der Waals surface area contributed by atoms with Crippen LogP contribution in [0.4, 0.5) is 13.2 Å². The lowest BCUT2D eigenvalue weighted by Crippen LogP contribution is -2.31. The molecule has 0 fully saturated rings. The van der Waals surface area contributed by atoms with Gasteiger partial charge in [0.15, 0.2) is 17.5 Å². The van der Waals surface area contributed by atoms with Crippen molar-refractivity contribution >= 4 is 0 Å². The molecule has 0 saturated carbocycles. The predicted octanol–water partition coefficient (Wildman–Crippen LogP) is 3.41. The average Bonchev–Trinajstić information content (AvgIpc) is 2.80. The first-order valence-corrected chi connectivity index (χ1v) is 7.13. The number of aliphatic hydroxyl groups is 1. The van der Waals surface area contributed by atoms with Gasteiger partial charge in [-0.05, 0) is 35.7 Å². The third-order valence-electron chi connectivity index (χ3n) is 4.14. The molecule has 0 saturated heterocycles. The highest BCUT2D eigenvalue weighted by atomic mass is 19.2. The maximum atomic E-state index is 13.3. The molecule has 2 aromatic carbocycles.